The van der Waals surface area contributed by atoms with Crippen molar-refractivity contribution in [3.05, 3.63) is 40.3 Å². The van der Waals surface area contributed by atoms with Crippen LogP contribution in [-0.2, 0) is 18.2 Å². The number of carbonyl (C=O) groups excluding carboxylic acids is 1. The Morgan fingerprint density at radius 2 is 1.96 bits per heavy atom. The summed E-state index contributed by atoms with van der Waals surface area (Å²) in [6.45, 7) is 6.84. The quantitative estimate of drug-likeness (QED) is 0.789. The zero-order chi connectivity index (χ0) is 19.1. The first kappa shape index (κ1) is 18.3. The SMILES string of the molecule is C[C@@H]1Cc2c(nn(C)c2C(=O)N2CCN(c3ccc(Cl)cn3)CC2)[C@H](C)O1. The molecule has 0 bridgehead atoms. The molecule has 0 saturated carbocycles. The van der Waals surface area contributed by atoms with Crippen LogP contribution in [0.3, 0.4) is 0 Å². The molecule has 2 aliphatic rings. The van der Waals surface area contributed by atoms with Crippen molar-refractivity contribution in [2.75, 3.05) is 31.1 Å². The largest absolute Gasteiger partial charge is 0.369 e. The van der Waals surface area contributed by atoms with Crippen molar-refractivity contribution < 1.29 is 9.53 Å². The Morgan fingerprint density at radius 1 is 1.22 bits per heavy atom. The van der Waals surface area contributed by atoms with E-state index in [1.165, 1.54) is 0 Å². The van der Waals surface area contributed by atoms with Crippen molar-refractivity contribution in [2.24, 2.45) is 7.05 Å². The van der Waals surface area contributed by atoms with Gasteiger partial charge in [0, 0.05) is 51.4 Å². The monoisotopic (exact) mass is 389 g/mol. The number of pyridine rings is 1. The summed E-state index contributed by atoms with van der Waals surface area (Å²) in [6, 6.07) is 3.76. The highest BCUT2D eigenvalue weighted by molar-refractivity contribution is 6.30. The molecule has 8 heteroatoms. The summed E-state index contributed by atoms with van der Waals surface area (Å²) in [5.41, 5.74) is 2.63. The molecule has 2 aromatic rings. The van der Waals surface area contributed by atoms with Crippen LogP contribution in [0.4, 0.5) is 5.82 Å². The Balaban J connectivity index is 1.50. The Labute approximate surface area is 163 Å². The van der Waals surface area contributed by atoms with Crippen LogP contribution in [0.25, 0.3) is 0 Å². The Bertz CT molecular complexity index is 843. The Kier molecular flexibility index (Phi) is 4.82. The van der Waals surface area contributed by atoms with Crippen LogP contribution in [0.2, 0.25) is 5.02 Å². The van der Waals surface area contributed by atoms with Crippen LogP contribution >= 0.6 is 11.6 Å². The molecule has 1 amide bonds. The number of aryl methyl sites for hydroxylation is 1. The topological polar surface area (TPSA) is 63.5 Å². The van der Waals surface area contributed by atoms with Gasteiger partial charge in [-0.25, -0.2) is 4.98 Å². The van der Waals surface area contributed by atoms with Crippen molar-refractivity contribution >= 4 is 23.3 Å². The molecule has 0 unspecified atom stereocenters. The number of piperazine rings is 1. The minimum absolute atomic E-state index is 0.0521. The molecule has 2 aliphatic heterocycles. The summed E-state index contributed by atoms with van der Waals surface area (Å²) in [7, 11) is 1.84. The van der Waals surface area contributed by atoms with E-state index in [-0.39, 0.29) is 18.1 Å². The number of carbonyl (C=O) groups is 1. The third-order valence-electron chi connectivity index (χ3n) is 5.29. The number of aromatic nitrogens is 3. The van der Waals surface area contributed by atoms with E-state index >= 15 is 0 Å². The van der Waals surface area contributed by atoms with Crippen LogP contribution in [0.15, 0.2) is 18.3 Å². The van der Waals surface area contributed by atoms with Crippen LogP contribution in [-0.4, -0.2) is 57.9 Å². The summed E-state index contributed by atoms with van der Waals surface area (Å²) in [4.78, 5) is 21.7. The van der Waals surface area contributed by atoms with Crippen LogP contribution in [0.5, 0.6) is 0 Å². The molecule has 0 N–H and O–H groups in total. The summed E-state index contributed by atoms with van der Waals surface area (Å²) in [5, 5.41) is 5.19. The second-order valence-electron chi connectivity index (χ2n) is 7.24. The van der Waals surface area contributed by atoms with E-state index in [1.54, 1.807) is 10.9 Å². The number of hydrogen-bond acceptors (Lipinski definition) is 5. The van der Waals surface area contributed by atoms with Gasteiger partial charge in [0.15, 0.2) is 0 Å². The number of anilines is 1. The molecular formula is C19H24ClN5O2. The maximum atomic E-state index is 13.2. The van der Waals surface area contributed by atoms with Crippen LogP contribution < -0.4 is 4.90 Å². The standard InChI is InChI=1S/C19H24ClN5O2/c1-12-10-15-17(13(2)27-12)22-23(3)18(15)19(26)25-8-6-24(7-9-25)16-5-4-14(20)11-21-16/h4-5,11-13H,6-10H2,1-3H3/t12-,13+/m1/s1. The third-order valence-corrected chi connectivity index (χ3v) is 5.52. The van der Waals surface area contributed by atoms with Gasteiger partial charge in [0.1, 0.15) is 11.5 Å². The molecular weight excluding hydrogens is 366 g/mol. The van der Waals surface area contributed by atoms with E-state index in [9.17, 15) is 4.79 Å². The fourth-order valence-electron chi connectivity index (χ4n) is 3.98. The molecule has 0 aromatic carbocycles. The van der Waals surface area contributed by atoms with Gasteiger partial charge < -0.3 is 14.5 Å². The summed E-state index contributed by atoms with van der Waals surface area (Å²) >= 11 is 5.91. The van der Waals surface area contributed by atoms with Gasteiger partial charge in [0.2, 0.25) is 0 Å². The first-order chi connectivity index (χ1) is 12.9. The fourth-order valence-corrected chi connectivity index (χ4v) is 4.09. The number of ether oxygens (including phenoxy) is 1. The molecule has 1 saturated heterocycles. The molecule has 2 aromatic heterocycles. The van der Waals surface area contributed by atoms with Crippen LogP contribution in [0.1, 0.15) is 41.7 Å². The smallest absolute Gasteiger partial charge is 0.272 e. The van der Waals surface area contributed by atoms with E-state index in [2.05, 4.69) is 15.0 Å². The first-order valence-electron chi connectivity index (χ1n) is 9.31. The summed E-state index contributed by atoms with van der Waals surface area (Å²) in [6.07, 6.45) is 2.39. The summed E-state index contributed by atoms with van der Waals surface area (Å²) in [5.74, 6) is 0.945. The van der Waals surface area contributed by atoms with E-state index < -0.39 is 0 Å². The fraction of sp³-hybridized carbons (Fsp3) is 0.526. The lowest BCUT2D eigenvalue weighted by Gasteiger charge is -2.35. The maximum absolute atomic E-state index is 13.2. The molecule has 0 aliphatic carbocycles. The molecule has 7 nitrogen and oxygen atoms in total. The highest BCUT2D eigenvalue weighted by atomic mass is 35.5. The van der Waals surface area contributed by atoms with Gasteiger partial charge in [-0.15, -0.1) is 0 Å². The third kappa shape index (κ3) is 3.41. The molecule has 144 valence electrons. The second kappa shape index (κ2) is 7.13. The average Bonchev–Trinajstić information content (AvgIpc) is 2.98. The predicted octanol–water partition coefficient (Wildman–Crippen LogP) is 2.45. The zero-order valence-electron chi connectivity index (χ0n) is 15.9. The van der Waals surface area contributed by atoms with Crippen molar-refractivity contribution in [3.8, 4) is 0 Å². The number of hydrogen-bond donors (Lipinski definition) is 0. The molecule has 4 heterocycles. The van der Waals surface area contributed by atoms with Gasteiger partial charge in [-0.2, -0.15) is 5.10 Å². The molecule has 27 heavy (non-hydrogen) atoms. The van der Waals surface area contributed by atoms with Crippen molar-refractivity contribution in [3.63, 3.8) is 0 Å². The van der Waals surface area contributed by atoms with Crippen LogP contribution in [0, 0.1) is 0 Å². The highest BCUT2D eigenvalue weighted by Crippen LogP contribution is 2.31. The normalized spacial score (nSPS) is 22.7. The lowest BCUT2D eigenvalue weighted by atomic mass is 9.99. The Morgan fingerprint density at radius 3 is 2.63 bits per heavy atom. The molecule has 4 rings (SSSR count). The number of halogens is 1. The zero-order valence-corrected chi connectivity index (χ0v) is 16.6. The van der Waals surface area contributed by atoms with Gasteiger partial charge in [0.25, 0.3) is 5.91 Å². The van der Waals surface area contributed by atoms with Gasteiger partial charge >= 0.3 is 0 Å². The number of fused-ring (bicyclic) bond motifs is 1. The lowest BCUT2D eigenvalue weighted by molar-refractivity contribution is -0.00714. The van der Waals surface area contributed by atoms with E-state index in [0.29, 0.717) is 23.8 Å². The number of nitrogens with zero attached hydrogens (tertiary/aromatic N) is 5. The molecule has 1 fully saturated rings. The summed E-state index contributed by atoms with van der Waals surface area (Å²) < 4.78 is 7.57. The lowest BCUT2D eigenvalue weighted by Crippen LogP contribution is -2.49. The number of amides is 1. The van der Waals surface area contributed by atoms with Crippen molar-refractivity contribution in [1.82, 2.24) is 19.7 Å². The van der Waals surface area contributed by atoms with E-state index in [1.807, 2.05) is 37.9 Å². The minimum atomic E-state index is -0.0793. The maximum Gasteiger partial charge on any atom is 0.272 e. The van der Waals surface area contributed by atoms with Crippen molar-refractivity contribution in [1.29, 1.82) is 0 Å². The van der Waals surface area contributed by atoms with Gasteiger partial charge in [-0.3, -0.25) is 9.48 Å². The Hall–Kier alpha value is -2.12. The van der Waals surface area contributed by atoms with Gasteiger partial charge in [-0.05, 0) is 26.0 Å². The van der Waals surface area contributed by atoms with Gasteiger partial charge in [0.05, 0.1) is 22.9 Å². The molecule has 2 atom stereocenters. The van der Waals surface area contributed by atoms with E-state index in [4.69, 9.17) is 16.3 Å². The predicted molar refractivity (Wildman–Crippen MR) is 103 cm³/mol. The van der Waals surface area contributed by atoms with Gasteiger partial charge in [-0.1, -0.05) is 11.6 Å². The average molecular weight is 390 g/mol. The van der Waals surface area contributed by atoms with Crippen molar-refractivity contribution in [2.45, 2.75) is 32.5 Å². The van der Waals surface area contributed by atoms with E-state index in [0.717, 1.165) is 36.6 Å². The minimum Gasteiger partial charge on any atom is -0.369 e. The first-order valence-corrected chi connectivity index (χ1v) is 9.69. The number of rotatable bonds is 2. The highest BCUT2D eigenvalue weighted by Gasteiger charge is 2.33. The molecule has 0 spiro atoms. The second-order valence-corrected chi connectivity index (χ2v) is 7.68. The molecule has 0 radical (unpaired) electrons.